The molecule has 6 nitrogen and oxygen atoms in total. The van der Waals surface area contributed by atoms with Crippen molar-refractivity contribution < 1.29 is 9.18 Å². The molecule has 39 heavy (non-hydrogen) atoms. The Labute approximate surface area is 231 Å². The quantitative estimate of drug-likeness (QED) is 0.261. The summed E-state index contributed by atoms with van der Waals surface area (Å²) >= 11 is 7.80. The number of nitrogens with zero attached hydrogens (tertiary/aromatic N) is 3. The minimum absolute atomic E-state index is 0.00463. The van der Waals surface area contributed by atoms with Crippen LogP contribution in [-0.4, -0.2) is 25.3 Å². The number of carbonyl (C=O) groups is 1. The fraction of sp³-hybridized carbons (Fsp3) is 0.267. The molecule has 3 aromatic heterocycles. The number of imidazole rings is 1. The van der Waals surface area contributed by atoms with Gasteiger partial charge >= 0.3 is 0 Å². The van der Waals surface area contributed by atoms with E-state index < -0.39 is 5.82 Å². The summed E-state index contributed by atoms with van der Waals surface area (Å²) in [6.45, 7) is 0. The first-order chi connectivity index (χ1) is 18.9. The predicted molar refractivity (Wildman–Crippen MR) is 149 cm³/mol. The summed E-state index contributed by atoms with van der Waals surface area (Å²) in [5.74, 6) is 0.0805. The lowest BCUT2D eigenvalue weighted by atomic mass is 9.80. The third-order valence-corrected chi connectivity index (χ3v) is 9.76. The van der Waals surface area contributed by atoms with E-state index >= 15 is 4.39 Å². The highest BCUT2D eigenvalue weighted by molar-refractivity contribution is 7.16. The number of carbonyl (C=O) groups excluding carboxylic acids is 1. The van der Waals surface area contributed by atoms with Gasteiger partial charge in [0.15, 0.2) is 5.78 Å². The van der Waals surface area contributed by atoms with Gasteiger partial charge in [-0.05, 0) is 61.3 Å². The van der Waals surface area contributed by atoms with Crippen molar-refractivity contribution in [3.63, 3.8) is 0 Å². The first kappa shape index (κ1) is 23.3. The lowest BCUT2D eigenvalue weighted by molar-refractivity contribution is 0.0953. The Hall–Kier alpha value is -3.62. The van der Waals surface area contributed by atoms with E-state index in [9.17, 15) is 9.59 Å². The van der Waals surface area contributed by atoms with Crippen LogP contribution in [0.15, 0.2) is 52.9 Å². The molecule has 194 valence electrons. The number of aromatic nitrogens is 4. The van der Waals surface area contributed by atoms with E-state index in [-0.39, 0.29) is 27.8 Å². The molecule has 9 heteroatoms. The summed E-state index contributed by atoms with van der Waals surface area (Å²) in [7, 11) is 0. The van der Waals surface area contributed by atoms with Crippen LogP contribution in [0.2, 0.25) is 5.02 Å². The van der Waals surface area contributed by atoms with E-state index in [0.717, 1.165) is 39.9 Å². The summed E-state index contributed by atoms with van der Waals surface area (Å²) in [6.07, 6.45) is 5.82. The van der Waals surface area contributed by atoms with Gasteiger partial charge in [-0.2, -0.15) is 0 Å². The van der Waals surface area contributed by atoms with Gasteiger partial charge in [-0.25, -0.2) is 14.4 Å². The number of ketones is 1. The highest BCUT2D eigenvalue weighted by Gasteiger charge is 2.47. The Bertz CT molecular complexity index is 1920. The number of benzene rings is 2. The van der Waals surface area contributed by atoms with Gasteiger partial charge in [0.1, 0.15) is 11.6 Å². The average Bonchev–Trinajstić information content (AvgIpc) is 3.31. The number of thiazole rings is 1. The third-order valence-electron chi connectivity index (χ3n) is 8.66. The van der Waals surface area contributed by atoms with Crippen LogP contribution in [0.25, 0.3) is 32.6 Å². The van der Waals surface area contributed by atoms with Gasteiger partial charge in [-0.15, -0.1) is 11.3 Å². The number of hydrogen-bond acceptors (Lipinski definition) is 5. The zero-order valence-corrected chi connectivity index (χ0v) is 22.3. The van der Waals surface area contributed by atoms with E-state index in [1.165, 1.54) is 6.07 Å². The van der Waals surface area contributed by atoms with Crippen LogP contribution >= 0.6 is 22.9 Å². The minimum atomic E-state index is -0.562. The maximum absolute atomic E-state index is 15.6. The van der Waals surface area contributed by atoms with Gasteiger partial charge in [0.05, 0.1) is 38.7 Å². The summed E-state index contributed by atoms with van der Waals surface area (Å²) in [4.78, 5) is 39.9. The van der Waals surface area contributed by atoms with Crippen LogP contribution in [0.1, 0.15) is 59.2 Å². The van der Waals surface area contributed by atoms with Gasteiger partial charge in [0.25, 0.3) is 5.56 Å². The van der Waals surface area contributed by atoms with E-state index in [4.69, 9.17) is 11.6 Å². The Balaban J connectivity index is 1.27. The van der Waals surface area contributed by atoms with Gasteiger partial charge < -0.3 is 9.55 Å². The molecular formula is C30H22ClFN4O2S. The molecule has 0 saturated heterocycles. The maximum Gasteiger partial charge on any atom is 0.252 e. The van der Waals surface area contributed by atoms with E-state index in [1.54, 1.807) is 28.2 Å². The molecule has 1 aliphatic heterocycles. The van der Waals surface area contributed by atoms with Gasteiger partial charge in [-0.3, -0.25) is 9.59 Å². The lowest BCUT2D eigenvalue weighted by Crippen LogP contribution is -2.28. The summed E-state index contributed by atoms with van der Waals surface area (Å²) in [5.41, 5.74) is 6.77. The Kier molecular flexibility index (Phi) is 4.89. The first-order valence-corrected chi connectivity index (χ1v) is 14.3. The Morgan fingerprint density at radius 2 is 1.95 bits per heavy atom. The van der Waals surface area contributed by atoms with Crippen LogP contribution in [0.3, 0.4) is 0 Å². The molecule has 0 amide bonds. The SMILES string of the molecule is O=C1CC2(CC2)Cc2ccc(Cl)c(F)c2-c2cc(=O)n3c(c21)CC[C@@H]3c1ncc(-c2ccc3scnc3c2)[nH]1. The third kappa shape index (κ3) is 3.51. The van der Waals surface area contributed by atoms with Crippen molar-refractivity contribution in [2.45, 2.75) is 44.6 Å². The number of pyridine rings is 1. The number of hydrogen-bond donors (Lipinski definition) is 1. The summed E-state index contributed by atoms with van der Waals surface area (Å²) in [6, 6.07) is 10.6. The molecule has 0 radical (unpaired) electrons. The molecular weight excluding hydrogens is 535 g/mol. The number of fused-ring (bicyclic) bond motifs is 6. The van der Waals surface area contributed by atoms with Crippen LogP contribution in [0.5, 0.6) is 0 Å². The van der Waals surface area contributed by atoms with Crippen LogP contribution in [0.4, 0.5) is 4.39 Å². The smallest absolute Gasteiger partial charge is 0.252 e. The topological polar surface area (TPSA) is 80.6 Å². The average molecular weight is 557 g/mol. The second kappa shape index (κ2) is 8.19. The minimum Gasteiger partial charge on any atom is -0.340 e. The highest BCUT2D eigenvalue weighted by atomic mass is 35.5. The fourth-order valence-electron chi connectivity index (χ4n) is 6.56. The largest absolute Gasteiger partial charge is 0.340 e. The molecule has 1 N–H and O–H groups in total. The molecule has 1 spiro atoms. The van der Waals surface area contributed by atoms with Crippen LogP contribution in [-0.2, 0) is 12.8 Å². The molecule has 3 aliphatic rings. The lowest BCUT2D eigenvalue weighted by Gasteiger charge is -2.25. The summed E-state index contributed by atoms with van der Waals surface area (Å²) in [5, 5.41) is -0.00463. The second-order valence-corrected chi connectivity index (χ2v) is 12.3. The Morgan fingerprint density at radius 3 is 2.79 bits per heavy atom. The van der Waals surface area contributed by atoms with Crippen molar-refractivity contribution in [3.05, 3.63) is 91.9 Å². The van der Waals surface area contributed by atoms with Crippen molar-refractivity contribution in [1.82, 2.24) is 19.5 Å². The molecule has 2 aromatic carbocycles. The second-order valence-electron chi connectivity index (χ2n) is 11.0. The van der Waals surface area contributed by atoms with E-state index in [1.807, 2.05) is 29.8 Å². The number of nitrogens with one attached hydrogen (secondary N) is 1. The van der Waals surface area contributed by atoms with E-state index in [2.05, 4.69) is 15.0 Å². The predicted octanol–water partition coefficient (Wildman–Crippen LogP) is 6.75. The van der Waals surface area contributed by atoms with Crippen molar-refractivity contribution in [3.8, 4) is 22.4 Å². The van der Waals surface area contributed by atoms with E-state index in [0.29, 0.717) is 53.9 Å². The van der Waals surface area contributed by atoms with Crippen molar-refractivity contribution >= 4 is 38.9 Å². The molecule has 1 atom stereocenters. The molecule has 4 heterocycles. The van der Waals surface area contributed by atoms with Gasteiger partial charge in [0, 0.05) is 40.4 Å². The standard InChI is InChI=1S/C30H22ClFN4O2S/c31-18-3-1-16-11-30(7-8-30)12-23(37)27-17(26(16)28(18)32)10-25(38)36-21(27)4-5-22(36)29-33-13-20(35-29)15-2-6-24-19(9-15)34-14-39-24/h1-3,6,9-10,13-14,22H,4-5,7-8,11-12H2,(H,33,35)/t22-/m1/s1. The van der Waals surface area contributed by atoms with Gasteiger partial charge in [-0.1, -0.05) is 23.7 Å². The maximum atomic E-state index is 15.6. The number of rotatable bonds is 2. The summed E-state index contributed by atoms with van der Waals surface area (Å²) < 4.78 is 18.4. The molecule has 1 saturated carbocycles. The van der Waals surface area contributed by atoms with Crippen molar-refractivity contribution in [2.75, 3.05) is 0 Å². The zero-order valence-electron chi connectivity index (χ0n) is 20.8. The number of H-pyrrole nitrogens is 1. The Morgan fingerprint density at radius 1 is 1.08 bits per heavy atom. The number of aromatic amines is 1. The van der Waals surface area contributed by atoms with Crippen molar-refractivity contribution in [1.29, 1.82) is 0 Å². The van der Waals surface area contributed by atoms with Crippen LogP contribution < -0.4 is 5.56 Å². The normalized spacial score (nSPS) is 19.0. The molecule has 1 fully saturated rings. The first-order valence-electron chi connectivity index (χ1n) is 13.1. The molecule has 8 rings (SSSR count). The van der Waals surface area contributed by atoms with Crippen LogP contribution in [0, 0.1) is 11.2 Å². The van der Waals surface area contributed by atoms with Gasteiger partial charge in [0.2, 0.25) is 0 Å². The zero-order chi connectivity index (χ0) is 26.5. The monoisotopic (exact) mass is 556 g/mol. The molecule has 0 bridgehead atoms. The molecule has 0 unspecified atom stereocenters. The number of halogens is 2. The molecule has 5 aromatic rings. The van der Waals surface area contributed by atoms with Crippen molar-refractivity contribution in [2.24, 2.45) is 5.41 Å². The fourth-order valence-corrected chi connectivity index (χ4v) is 7.38. The highest BCUT2D eigenvalue weighted by Crippen LogP contribution is 2.55. The molecule has 2 aliphatic carbocycles. The number of Topliss-reactive ketones (excluding diaryl/α,β-unsaturated/α-hetero) is 1.